The summed E-state index contributed by atoms with van der Waals surface area (Å²) in [5.74, 6) is -1.35. The third-order valence-corrected chi connectivity index (χ3v) is 5.85. The minimum Gasteiger partial charge on any atom is -0.465 e. The predicted octanol–water partition coefficient (Wildman–Crippen LogP) is 5.30. The number of hydrogen-bond acceptors (Lipinski definition) is 8. The summed E-state index contributed by atoms with van der Waals surface area (Å²) >= 11 is 0. The van der Waals surface area contributed by atoms with E-state index in [0.29, 0.717) is 32.4 Å². The van der Waals surface area contributed by atoms with Gasteiger partial charge in [0.25, 0.3) is 0 Å². The number of aldehydes is 1. The van der Waals surface area contributed by atoms with Gasteiger partial charge in [-0.2, -0.15) is 0 Å². The zero-order chi connectivity index (χ0) is 26.7. The molecule has 0 fully saturated rings. The van der Waals surface area contributed by atoms with Crippen LogP contribution in [0, 0.1) is 5.92 Å². The maximum absolute atomic E-state index is 12.1. The molecular formula is C28H51NO7. The van der Waals surface area contributed by atoms with E-state index in [1.807, 2.05) is 0 Å². The Balaban J connectivity index is 4.35. The number of unbranched alkanes of at least 4 members (excludes halogenated alkanes) is 10. The van der Waals surface area contributed by atoms with Crippen LogP contribution in [0.1, 0.15) is 117 Å². The Kier molecular flexibility index (Phi) is 24.7. The van der Waals surface area contributed by atoms with Gasteiger partial charge in [-0.25, -0.2) is 0 Å². The Bertz CT molecular complexity index is 536. The zero-order valence-electron chi connectivity index (χ0n) is 22.9. The van der Waals surface area contributed by atoms with E-state index in [-0.39, 0.29) is 38.2 Å². The van der Waals surface area contributed by atoms with Gasteiger partial charge < -0.3 is 24.3 Å². The molecule has 0 aliphatic carbocycles. The van der Waals surface area contributed by atoms with Crippen LogP contribution in [0.15, 0.2) is 0 Å². The van der Waals surface area contributed by atoms with Gasteiger partial charge in [0.1, 0.15) is 26.1 Å². The van der Waals surface area contributed by atoms with Gasteiger partial charge in [0.2, 0.25) is 0 Å². The second kappa shape index (κ2) is 26.1. The zero-order valence-corrected chi connectivity index (χ0v) is 22.9. The molecule has 0 unspecified atom stereocenters. The number of esters is 3. The number of ether oxygens (including phenoxy) is 3. The van der Waals surface area contributed by atoms with Crippen molar-refractivity contribution >= 4 is 24.2 Å². The van der Waals surface area contributed by atoms with Crippen molar-refractivity contribution in [2.24, 2.45) is 5.92 Å². The molecule has 8 nitrogen and oxygen atoms in total. The van der Waals surface area contributed by atoms with Crippen molar-refractivity contribution in [3.63, 3.8) is 0 Å². The topological polar surface area (TPSA) is 108 Å². The summed E-state index contributed by atoms with van der Waals surface area (Å²) in [6.07, 6.45) is 15.2. The number of carbonyl (C=O) groups is 4. The first-order valence-electron chi connectivity index (χ1n) is 14.1. The van der Waals surface area contributed by atoms with Gasteiger partial charge in [-0.1, -0.05) is 78.1 Å². The first-order valence-corrected chi connectivity index (χ1v) is 14.1. The lowest BCUT2D eigenvalue weighted by Crippen LogP contribution is -2.27. The van der Waals surface area contributed by atoms with Crippen molar-refractivity contribution in [3.05, 3.63) is 0 Å². The summed E-state index contributed by atoms with van der Waals surface area (Å²) in [5, 5.41) is 2.99. The molecule has 0 atom stereocenters. The van der Waals surface area contributed by atoms with E-state index in [2.05, 4.69) is 19.2 Å². The molecule has 0 aromatic rings. The number of nitrogens with one attached hydrogen (secondary N) is 1. The second-order valence-corrected chi connectivity index (χ2v) is 9.41. The molecule has 36 heavy (non-hydrogen) atoms. The highest BCUT2D eigenvalue weighted by Crippen LogP contribution is 2.10. The highest BCUT2D eigenvalue weighted by atomic mass is 16.6. The van der Waals surface area contributed by atoms with Gasteiger partial charge in [0.15, 0.2) is 0 Å². The third-order valence-electron chi connectivity index (χ3n) is 5.85. The molecule has 0 bridgehead atoms. The molecule has 0 spiro atoms. The quantitative estimate of drug-likeness (QED) is 0.0718. The van der Waals surface area contributed by atoms with Crippen LogP contribution in [0.4, 0.5) is 0 Å². The van der Waals surface area contributed by atoms with Gasteiger partial charge in [0.05, 0.1) is 12.3 Å². The Morgan fingerprint density at radius 1 is 0.611 bits per heavy atom. The lowest BCUT2D eigenvalue weighted by Gasteiger charge is -2.17. The van der Waals surface area contributed by atoms with Crippen molar-refractivity contribution in [1.29, 1.82) is 0 Å². The molecule has 0 amide bonds. The molecule has 210 valence electrons. The van der Waals surface area contributed by atoms with E-state index in [9.17, 15) is 19.2 Å². The first-order chi connectivity index (χ1) is 17.5. The summed E-state index contributed by atoms with van der Waals surface area (Å²) in [6.45, 7) is 5.38. The van der Waals surface area contributed by atoms with Gasteiger partial charge in [-0.3, -0.25) is 14.4 Å². The maximum Gasteiger partial charge on any atom is 0.307 e. The van der Waals surface area contributed by atoms with E-state index < -0.39 is 11.9 Å². The largest absolute Gasteiger partial charge is 0.465 e. The number of carbonyl (C=O) groups excluding carboxylic acids is 4. The van der Waals surface area contributed by atoms with Gasteiger partial charge in [-0.05, 0) is 12.8 Å². The molecule has 8 heteroatoms. The Hall–Kier alpha value is -1.96. The van der Waals surface area contributed by atoms with Crippen LogP contribution in [0.3, 0.4) is 0 Å². The molecule has 0 aliphatic rings. The Labute approximate surface area is 218 Å². The summed E-state index contributed by atoms with van der Waals surface area (Å²) in [5.41, 5.74) is 0. The van der Waals surface area contributed by atoms with E-state index in [1.54, 1.807) is 0 Å². The molecular weight excluding hydrogens is 462 g/mol. The fourth-order valence-corrected chi connectivity index (χ4v) is 3.57. The lowest BCUT2D eigenvalue weighted by atomic mass is 10.1. The highest BCUT2D eigenvalue weighted by molar-refractivity contribution is 5.70. The van der Waals surface area contributed by atoms with Crippen LogP contribution < -0.4 is 5.32 Å². The fraction of sp³-hybridized carbons (Fsp3) is 0.857. The summed E-state index contributed by atoms with van der Waals surface area (Å²) in [4.78, 5) is 46.6. The normalized spacial score (nSPS) is 10.9. The molecule has 0 saturated carbocycles. The van der Waals surface area contributed by atoms with Crippen LogP contribution in [-0.4, -0.2) is 57.1 Å². The van der Waals surface area contributed by atoms with E-state index >= 15 is 0 Å². The minimum atomic E-state index is -0.404. The van der Waals surface area contributed by atoms with Gasteiger partial charge in [-0.15, -0.1) is 0 Å². The van der Waals surface area contributed by atoms with E-state index in [4.69, 9.17) is 14.2 Å². The van der Waals surface area contributed by atoms with E-state index in [1.165, 1.54) is 38.5 Å². The fourth-order valence-electron chi connectivity index (χ4n) is 3.57. The van der Waals surface area contributed by atoms with Gasteiger partial charge in [0, 0.05) is 32.4 Å². The predicted molar refractivity (Wildman–Crippen MR) is 141 cm³/mol. The third kappa shape index (κ3) is 23.8. The summed E-state index contributed by atoms with van der Waals surface area (Å²) in [7, 11) is 0. The van der Waals surface area contributed by atoms with Crippen LogP contribution in [0.5, 0.6) is 0 Å². The number of hydrogen-bond donors (Lipinski definition) is 1. The highest BCUT2D eigenvalue weighted by Gasteiger charge is 2.17. The van der Waals surface area contributed by atoms with E-state index in [0.717, 1.165) is 44.8 Å². The molecule has 0 rings (SSSR count). The van der Waals surface area contributed by atoms with Crippen molar-refractivity contribution < 1.29 is 33.4 Å². The van der Waals surface area contributed by atoms with Gasteiger partial charge >= 0.3 is 17.9 Å². The minimum absolute atomic E-state index is 0.0156. The lowest BCUT2D eigenvalue weighted by molar-refractivity contribution is -0.153. The monoisotopic (exact) mass is 513 g/mol. The molecule has 0 aromatic carbocycles. The average Bonchev–Trinajstić information content (AvgIpc) is 2.87. The van der Waals surface area contributed by atoms with Crippen LogP contribution >= 0.6 is 0 Å². The SMILES string of the molecule is CCCCCCCCC(=O)OCC(COC(=O)CCCCCCCC)COC(=O)CCNCCC=O. The molecule has 0 radical (unpaired) electrons. The first kappa shape index (κ1) is 34.0. The van der Waals surface area contributed by atoms with Crippen molar-refractivity contribution in [2.75, 3.05) is 32.9 Å². The molecule has 0 aliphatic heterocycles. The van der Waals surface area contributed by atoms with Crippen LogP contribution in [-0.2, 0) is 33.4 Å². The molecule has 1 N–H and O–H groups in total. The molecule has 0 aromatic heterocycles. The summed E-state index contributed by atoms with van der Waals surface area (Å²) in [6, 6.07) is 0. The van der Waals surface area contributed by atoms with Crippen LogP contribution in [0.25, 0.3) is 0 Å². The maximum atomic E-state index is 12.1. The standard InChI is InChI=1S/C28H51NO7/c1-3-5-7-9-11-13-16-26(31)34-22-25(24-36-28(33)18-20-29-19-15-21-30)23-35-27(32)17-14-12-10-8-6-4-2/h21,25,29H,3-20,22-24H2,1-2H3. The van der Waals surface area contributed by atoms with Crippen molar-refractivity contribution in [1.82, 2.24) is 5.32 Å². The number of rotatable bonds is 26. The smallest absolute Gasteiger partial charge is 0.307 e. The van der Waals surface area contributed by atoms with Crippen molar-refractivity contribution in [3.8, 4) is 0 Å². The molecule has 0 saturated heterocycles. The second-order valence-electron chi connectivity index (χ2n) is 9.41. The Morgan fingerprint density at radius 2 is 1.03 bits per heavy atom. The average molecular weight is 514 g/mol. The summed E-state index contributed by atoms with van der Waals surface area (Å²) < 4.78 is 16.1. The molecule has 0 heterocycles. The van der Waals surface area contributed by atoms with Crippen molar-refractivity contribution in [2.45, 2.75) is 117 Å². The Morgan fingerprint density at radius 3 is 1.47 bits per heavy atom. The van der Waals surface area contributed by atoms with Crippen LogP contribution in [0.2, 0.25) is 0 Å².